The number of carbonyl (C=O) groups excluding carboxylic acids is 2. The summed E-state index contributed by atoms with van der Waals surface area (Å²) in [6.45, 7) is 0.278. The van der Waals surface area contributed by atoms with Crippen molar-refractivity contribution in [3.8, 4) is 5.75 Å². The highest BCUT2D eigenvalue weighted by Gasteiger charge is 2.43. The predicted octanol–water partition coefficient (Wildman–Crippen LogP) is 5.25. The third kappa shape index (κ3) is 6.82. The first kappa shape index (κ1) is 26.1. The summed E-state index contributed by atoms with van der Waals surface area (Å²) in [5.74, 6) is -1.69. The Morgan fingerprint density at radius 3 is 2.16 bits per heavy atom. The van der Waals surface area contributed by atoms with Gasteiger partial charge in [0.15, 0.2) is 5.11 Å². The second-order valence-corrected chi connectivity index (χ2v) is 8.65. The van der Waals surface area contributed by atoms with E-state index in [0.717, 1.165) is 5.56 Å². The topological polar surface area (TPSA) is 61.9 Å². The highest BCUT2D eigenvalue weighted by molar-refractivity contribution is 7.80. The van der Waals surface area contributed by atoms with Crippen molar-refractivity contribution in [2.45, 2.75) is 31.9 Å². The van der Waals surface area contributed by atoms with Crippen LogP contribution in [0.3, 0.4) is 0 Å². The van der Waals surface area contributed by atoms with Crippen molar-refractivity contribution >= 4 is 34.8 Å². The number of anilines is 1. The van der Waals surface area contributed by atoms with E-state index in [1.54, 1.807) is 4.90 Å². The lowest BCUT2D eigenvalue weighted by Crippen LogP contribution is -2.37. The van der Waals surface area contributed by atoms with Crippen molar-refractivity contribution in [1.82, 2.24) is 9.80 Å². The molecule has 1 saturated heterocycles. The van der Waals surface area contributed by atoms with Gasteiger partial charge in [-0.05, 0) is 59.7 Å². The van der Waals surface area contributed by atoms with Gasteiger partial charge in [0.25, 0.3) is 5.91 Å². The van der Waals surface area contributed by atoms with Gasteiger partial charge in [-0.25, -0.2) is 4.39 Å². The standard InChI is InChI=1S/C26H21F4N3O3S/c27-19-8-10-20(11-9-19)31-23(34)14-22-24(35)33(16-17-4-2-1-3-5-17)25(37)32(22)15-18-6-12-21(13-7-18)36-26(28,29)30/h1-13,22H,14-16H2,(H,31,34)/t22-/m1/s1. The molecule has 1 aliphatic heterocycles. The van der Waals surface area contributed by atoms with Gasteiger partial charge in [-0.15, -0.1) is 13.2 Å². The van der Waals surface area contributed by atoms with Crippen LogP contribution in [0.4, 0.5) is 23.2 Å². The molecule has 37 heavy (non-hydrogen) atoms. The number of benzene rings is 3. The first-order valence-electron chi connectivity index (χ1n) is 11.1. The number of hydrogen-bond acceptors (Lipinski definition) is 4. The highest BCUT2D eigenvalue weighted by Crippen LogP contribution is 2.27. The maximum absolute atomic E-state index is 13.4. The van der Waals surface area contributed by atoms with E-state index in [9.17, 15) is 27.2 Å². The molecule has 0 aromatic heterocycles. The molecule has 1 heterocycles. The summed E-state index contributed by atoms with van der Waals surface area (Å²) in [6.07, 6.45) is -5.05. The van der Waals surface area contributed by atoms with Crippen LogP contribution in [0, 0.1) is 5.82 Å². The molecule has 4 rings (SSSR count). The zero-order chi connectivity index (χ0) is 26.6. The average Bonchev–Trinajstić information content (AvgIpc) is 3.05. The minimum atomic E-state index is -4.81. The minimum Gasteiger partial charge on any atom is -0.406 e. The van der Waals surface area contributed by atoms with Crippen LogP contribution in [0.25, 0.3) is 0 Å². The number of halogens is 4. The quantitative estimate of drug-likeness (QED) is 0.318. The fourth-order valence-corrected chi connectivity index (χ4v) is 4.24. The molecule has 6 nitrogen and oxygen atoms in total. The number of thiocarbonyl (C=S) groups is 1. The van der Waals surface area contributed by atoms with Crippen LogP contribution in [0.2, 0.25) is 0 Å². The largest absolute Gasteiger partial charge is 0.573 e. The number of amides is 2. The van der Waals surface area contributed by atoms with E-state index in [1.807, 2.05) is 30.3 Å². The molecule has 192 valence electrons. The van der Waals surface area contributed by atoms with Gasteiger partial charge in [0.2, 0.25) is 5.91 Å². The summed E-state index contributed by atoms with van der Waals surface area (Å²) in [5, 5.41) is 2.84. The van der Waals surface area contributed by atoms with Gasteiger partial charge in [0.1, 0.15) is 17.6 Å². The minimum absolute atomic E-state index is 0.0800. The lowest BCUT2D eigenvalue weighted by molar-refractivity contribution is -0.274. The Morgan fingerprint density at radius 1 is 0.919 bits per heavy atom. The van der Waals surface area contributed by atoms with Crippen LogP contribution in [-0.4, -0.2) is 39.1 Å². The molecule has 0 bridgehead atoms. The van der Waals surface area contributed by atoms with Gasteiger partial charge in [0.05, 0.1) is 13.0 Å². The summed E-state index contributed by atoms with van der Waals surface area (Å²) in [5.41, 5.74) is 1.77. The van der Waals surface area contributed by atoms with Gasteiger partial charge < -0.3 is 15.0 Å². The Hall–Kier alpha value is -3.99. The number of ether oxygens (including phenoxy) is 1. The van der Waals surface area contributed by atoms with E-state index in [2.05, 4.69) is 10.1 Å². The second kappa shape index (κ2) is 11.0. The number of nitrogens with zero attached hydrogens (tertiary/aromatic N) is 2. The van der Waals surface area contributed by atoms with Crippen molar-refractivity contribution < 1.29 is 31.9 Å². The molecule has 3 aromatic carbocycles. The summed E-state index contributed by atoms with van der Waals surface area (Å²) >= 11 is 5.59. The van der Waals surface area contributed by atoms with Gasteiger partial charge >= 0.3 is 6.36 Å². The monoisotopic (exact) mass is 531 g/mol. The van der Waals surface area contributed by atoms with Crippen LogP contribution < -0.4 is 10.1 Å². The number of nitrogens with one attached hydrogen (secondary N) is 1. The molecule has 1 aliphatic rings. The fourth-order valence-electron chi connectivity index (χ4n) is 3.90. The molecule has 1 atom stereocenters. The maximum atomic E-state index is 13.4. The average molecular weight is 532 g/mol. The van der Waals surface area contributed by atoms with Crippen molar-refractivity contribution in [3.63, 3.8) is 0 Å². The normalized spacial score (nSPS) is 15.7. The van der Waals surface area contributed by atoms with Gasteiger partial charge in [-0.2, -0.15) is 0 Å². The van der Waals surface area contributed by atoms with E-state index in [0.29, 0.717) is 11.3 Å². The second-order valence-electron chi connectivity index (χ2n) is 8.29. The molecule has 0 saturated carbocycles. The van der Waals surface area contributed by atoms with Crippen LogP contribution in [0.5, 0.6) is 5.75 Å². The summed E-state index contributed by atoms with van der Waals surface area (Å²) in [6, 6.07) is 18.6. The number of rotatable bonds is 8. The SMILES string of the molecule is O=C(C[C@@H]1C(=O)N(Cc2ccccc2)C(=S)N1Cc1ccc(OC(F)(F)F)cc1)Nc1ccc(F)cc1. The Bertz CT molecular complexity index is 1270. The molecule has 2 amide bonds. The van der Waals surface area contributed by atoms with Crippen molar-refractivity contribution in [2.75, 3.05) is 5.32 Å². The van der Waals surface area contributed by atoms with Gasteiger partial charge in [-0.1, -0.05) is 42.5 Å². The predicted molar refractivity (Wildman–Crippen MR) is 132 cm³/mol. The van der Waals surface area contributed by atoms with Crippen LogP contribution in [0.1, 0.15) is 17.5 Å². The third-order valence-electron chi connectivity index (χ3n) is 5.60. The molecule has 11 heteroatoms. The molecular formula is C26H21F4N3O3S. The lowest BCUT2D eigenvalue weighted by atomic mass is 10.1. The molecule has 3 aromatic rings. The number of carbonyl (C=O) groups is 2. The first-order chi connectivity index (χ1) is 17.6. The Morgan fingerprint density at radius 2 is 1.54 bits per heavy atom. The van der Waals surface area contributed by atoms with Crippen molar-refractivity contribution in [1.29, 1.82) is 0 Å². The molecule has 0 spiro atoms. The molecule has 1 N–H and O–H groups in total. The van der Waals surface area contributed by atoms with E-state index in [1.165, 1.54) is 53.4 Å². The summed E-state index contributed by atoms with van der Waals surface area (Å²) in [4.78, 5) is 29.1. The highest BCUT2D eigenvalue weighted by atomic mass is 32.1. The smallest absolute Gasteiger partial charge is 0.406 e. The van der Waals surface area contributed by atoms with Crippen LogP contribution >= 0.6 is 12.2 Å². The maximum Gasteiger partial charge on any atom is 0.573 e. The first-order valence-corrected chi connectivity index (χ1v) is 11.6. The van der Waals surface area contributed by atoms with Crippen molar-refractivity contribution in [2.24, 2.45) is 0 Å². The zero-order valence-electron chi connectivity index (χ0n) is 19.2. The molecule has 0 aliphatic carbocycles. The van der Waals surface area contributed by atoms with Gasteiger partial charge in [0, 0.05) is 12.2 Å². The van der Waals surface area contributed by atoms with Crippen LogP contribution in [-0.2, 0) is 22.7 Å². The zero-order valence-corrected chi connectivity index (χ0v) is 20.1. The molecular weight excluding hydrogens is 510 g/mol. The lowest BCUT2D eigenvalue weighted by Gasteiger charge is -2.24. The van der Waals surface area contributed by atoms with E-state index >= 15 is 0 Å². The summed E-state index contributed by atoms with van der Waals surface area (Å²) < 4.78 is 54.6. The van der Waals surface area contributed by atoms with Crippen LogP contribution in [0.15, 0.2) is 78.9 Å². The van der Waals surface area contributed by atoms with E-state index in [4.69, 9.17) is 12.2 Å². The fraction of sp³-hybridized carbons (Fsp3) is 0.192. The summed E-state index contributed by atoms with van der Waals surface area (Å²) in [7, 11) is 0. The van der Waals surface area contributed by atoms with Gasteiger partial charge in [-0.3, -0.25) is 14.5 Å². The molecule has 1 fully saturated rings. The number of alkyl halides is 3. The van der Waals surface area contributed by atoms with E-state index in [-0.39, 0.29) is 36.3 Å². The number of hydrogen-bond donors (Lipinski definition) is 1. The van der Waals surface area contributed by atoms with Crippen molar-refractivity contribution in [3.05, 3.63) is 95.8 Å². The molecule has 0 unspecified atom stereocenters. The third-order valence-corrected chi connectivity index (χ3v) is 6.06. The Kier molecular flexibility index (Phi) is 7.72. The Labute approximate surface area is 215 Å². The van der Waals surface area contributed by atoms with E-state index < -0.39 is 24.1 Å². The molecule has 0 radical (unpaired) electrons. The Balaban J connectivity index is 1.53.